The Hall–Kier alpha value is -9.38. The van der Waals surface area contributed by atoms with Crippen LogP contribution in [0.3, 0.4) is 0 Å². The van der Waals surface area contributed by atoms with Gasteiger partial charge in [0.05, 0.1) is 38.5 Å². The molecular formula is C66H41N3O. The average Bonchev–Trinajstić information content (AvgIpc) is 4.17. The Kier molecular flexibility index (Phi) is 8.33. The molecule has 0 bridgehead atoms. The lowest BCUT2D eigenvalue weighted by Crippen LogP contribution is -2.00. The minimum atomic E-state index is 0.868. The second-order valence-electron chi connectivity index (χ2n) is 18.5. The third-order valence-corrected chi connectivity index (χ3v) is 14.6. The average molecular weight is 892 g/mol. The highest BCUT2D eigenvalue weighted by Gasteiger charge is 2.22. The topological polar surface area (TPSA) is 27.9 Å². The molecule has 15 aromatic rings. The highest BCUT2D eigenvalue weighted by Crippen LogP contribution is 2.44. The maximum atomic E-state index is 7.03. The number of aromatic nitrogens is 3. The number of hydrogen-bond acceptors (Lipinski definition) is 1. The standard InChI is InChI=1S/C66H41N3O/c1-3-17-42(18-4-1)44-35-45(43-19-5-2-6-20-43)37-46(36-44)47-38-49(68-60-28-14-9-23-53(60)54-24-10-15-29-61(54)68)40-50(39-47)69-62-30-16-11-25-56(62)65-63(69)33-32-55-57-41-48(31-34-64(57)70-66(55)65)67-58-26-12-7-21-51(58)52-22-8-13-27-59(52)67/h1-41H. The fourth-order valence-corrected chi connectivity index (χ4v) is 11.5. The molecule has 0 unspecified atom stereocenters. The first kappa shape index (κ1) is 38.7. The molecule has 4 nitrogen and oxygen atoms in total. The van der Waals surface area contributed by atoms with Crippen molar-refractivity contribution in [1.29, 1.82) is 0 Å². The Balaban J connectivity index is 0.998. The molecule has 11 aromatic carbocycles. The van der Waals surface area contributed by atoms with E-state index in [4.69, 9.17) is 4.42 Å². The molecule has 15 rings (SSSR count). The Labute approximate surface area is 402 Å². The number of nitrogens with zero attached hydrogens (tertiary/aromatic N) is 3. The first-order valence-corrected chi connectivity index (χ1v) is 24.0. The number of rotatable bonds is 6. The van der Waals surface area contributed by atoms with E-state index in [9.17, 15) is 0 Å². The molecule has 4 heterocycles. The summed E-state index contributed by atoms with van der Waals surface area (Å²) in [6, 6.07) is 90.6. The zero-order valence-electron chi connectivity index (χ0n) is 37.9. The van der Waals surface area contributed by atoms with Crippen molar-refractivity contribution in [2.75, 3.05) is 0 Å². The zero-order valence-corrected chi connectivity index (χ0v) is 37.9. The van der Waals surface area contributed by atoms with Gasteiger partial charge in [0.25, 0.3) is 0 Å². The van der Waals surface area contributed by atoms with Crippen LogP contribution in [0.15, 0.2) is 253 Å². The molecule has 0 aliphatic rings. The second-order valence-corrected chi connectivity index (χ2v) is 18.5. The van der Waals surface area contributed by atoms with Gasteiger partial charge in [-0.25, -0.2) is 0 Å². The highest BCUT2D eigenvalue weighted by molar-refractivity contribution is 6.24. The molecule has 0 radical (unpaired) electrons. The lowest BCUT2D eigenvalue weighted by molar-refractivity contribution is 0.673. The van der Waals surface area contributed by atoms with Gasteiger partial charge in [0.1, 0.15) is 11.2 Å². The van der Waals surface area contributed by atoms with Crippen molar-refractivity contribution in [3.8, 4) is 50.4 Å². The van der Waals surface area contributed by atoms with E-state index in [1.165, 1.54) is 65.9 Å². The minimum absolute atomic E-state index is 0.868. The van der Waals surface area contributed by atoms with Gasteiger partial charge < -0.3 is 18.1 Å². The molecule has 326 valence electrons. The molecule has 0 amide bonds. The van der Waals surface area contributed by atoms with Crippen molar-refractivity contribution in [2.45, 2.75) is 0 Å². The Bertz CT molecular complexity index is 4420. The summed E-state index contributed by atoms with van der Waals surface area (Å²) in [5, 5.41) is 9.39. The molecule has 0 saturated heterocycles. The number of para-hydroxylation sites is 5. The van der Waals surface area contributed by atoms with E-state index >= 15 is 0 Å². The van der Waals surface area contributed by atoms with Crippen molar-refractivity contribution >= 4 is 87.4 Å². The van der Waals surface area contributed by atoms with E-state index < -0.39 is 0 Å². The van der Waals surface area contributed by atoms with Gasteiger partial charge >= 0.3 is 0 Å². The molecule has 0 N–H and O–H groups in total. The number of furan rings is 1. The monoisotopic (exact) mass is 891 g/mol. The maximum Gasteiger partial charge on any atom is 0.145 e. The lowest BCUT2D eigenvalue weighted by Gasteiger charge is -2.17. The predicted octanol–water partition coefficient (Wildman–Crippen LogP) is 17.9. The van der Waals surface area contributed by atoms with Crippen LogP contribution in [0.2, 0.25) is 0 Å². The Morgan fingerprint density at radius 1 is 0.229 bits per heavy atom. The summed E-state index contributed by atoms with van der Waals surface area (Å²) < 4.78 is 14.3. The van der Waals surface area contributed by atoms with E-state index in [0.717, 1.165) is 71.9 Å². The first-order chi connectivity index (χ1) is 34.7. The Morgan fingerprint density at radius 2 is 0.629 bits per heavy atom. The molecule has 4 aromatic heterocycles. The van der Waals surface area contributed by atoms with Crippen LogP contribution >= 0.6 is 0 Å². The number of hydrogen-bond donors (Lipinski definition) is 0. The van der Waals surface area contributed by atoms with Gasteiger partial charge in [-0.1, -0.05) is 152 Å². The third-order valence-electron chi connectivity index (χ3n) is 14.6. The third kappa shape index (κ3) is 5.77. The van der Waals surface area contributed by atoms with Gasteiger partial charge in [-0.2, -0.15) is 0 Å². The SMILES string of the molecule is c1ccc(-c2cc(-c3ccccc3)cc(-c3cc(-n4c5ccccc5c5ccccc54)cc(-n4c5ccccc5c5c6oc7ccc(-n8c9ccccc9c9ccccc98)cc7c6ccc54)c3)c2)cc1. The predicted molar refractivity (Wildman–Crippen MR) is 293 cm³/mol. The summed E-state index contributed by atoms with van der Waals surface area (Å²) in [6.45, 7) is 0. The summed E-state index contributed by atoms with van der Waals surface area (Å²) in [4.78, 5) is 0. The van der Waals surface area contributed by atoms with Crippen molar-refractivity contribution in [3.63, 3.8) is 0 Å². The van der Waals surface area contributed by atoms with Crippen LogP contribution in [0.1, 0.15) is 0 Å². The van der Waals surface area contributed by atoms with Crippen LogP contribution in [0.4, 0.5) is 0 Å². The second kappa shape index (κ2) is 15.1. The quantitative estimate of drug-likeness (QED) is 0.163. The van der Waals surface area contributed by atoms with Crippen molar-refractivity contribution in [2.24, 2.45) is 0 Å². The van der Waals surface area contributed by atoms with Crippen molar-refractivity contribution in [3.05, 3.63) is 249 Å². The summed E-state index contributed by atoms with van der Waals surface area (Å²) in [7, 11) is 0. The van der Waals surface area contributed by atoms with Gasteiger partial charge in [0.15, 0.2) is 0 Å². The van der Waals surface area contributed by atoms with E-state index in [1.807, 2.05) is 0 Å². The summed E-state index contributed by atoms with van der Waals surface area (Å²) in [5.74, 6) is 0. The van der Waals surface area contributed by atoms with Crippen LogP contribution < -0.4 is 0 Å². The van der Waals surface area contributed by atoms with Crippen LogP contribution in [0.25, 0.3) is 138 Å². The van der Waals surface area contributed by atoms with Crippen LogP contribution in [0.5, 0.6) is 0 Å². The fraction of sp³-hybridized carbons (Fsp3) is 0. The van der Waals surface area contributed by atoms with Gasteiger partial charge in [-0.05, 0) is 130 Å². The summed E-state index contributed by atoms with van der Waals surface area (Å²) >= 11 is 0. The van der Waals surface area contributed by atoms with E-state index in [0.29, 0.717) is 0 Å². The molecular weight excluding hydrogens is 851 g/mol. The first-order valence-electron chi connectivity index (χ1n) is 24.0. The smallest absolute Gasteiger partial charge is 0.145 e. The molecule has 0 spiro atoms. The van der Waals surface area contributed by atoms with E-state index in [-0.39, 0.29) is 0 Å². The van der Waals surface area contributed by atoms with Gasteiger partial charge in [0.2, 0.25) is 0 Å². The minimum Gasteiger partial charge on any atom is -0.455 e. The normalized spacial score (nSPS) is 12.0. The zero-order chi connectivity index (χ0) is 45.9. The summed E-state index contributed by atoms with van der Waals surface area (Å²) in [5.41, 5.74) is 18.9. The van der Waals surface area contributed by atoms with Gasteiger partial charge in [0, 0.05) is 54.8 Å². The van der Waals surface area contributed by atoms with Gasteiger partial charge in [-0.3, -0.25) is 0 Å². The van der Waals surface area contributed by atoms with E-state index in [1.54, 1.807) is 0 Å². The molecule has 0 aliphatic carbocycles. The number of benzene rings is 11. The fourth-order valence-electron chi connectivity index (χ4n) is 11.5. The Morgan fingerprint density at radius 3 is 1.14 bits per heavy atom. The van der Waals surface area contributed by atoms with Crippen molar-refractivity contribution < 1.29 is 4.42 Å². The summed E-state index contributed by atoms with van der Waals surface area (Å²) in [6.07, 6.45) is 0. The van der Waals surface area contributed by atoms with Crippen molar-refractivity contribution in [1.82, 2.24) is 13.7 Å². The highest BCUT2D eigenvalue weighted by atomic mass is 16.3. The van der Waals surface area contributed by atoms with Crippen LogP contribution in [0, 0.1) is 0 Å². The molecule has 0 fully saturated rings. The van der Waals surface area contributed by atoms with Crippen LogP contribution in [-0.4, -0.2) is 13.7 Å². The molecule has 0 atom stereocenters. The largest absolute Gasteiger partial charge is 0.455 e. The molecule has 4 heteroatoms. The molecule has 0 aliphatic heterocycles. The van der Waals surface area contributed by atoms with E-state index in [2.05, 4.69) is 262 Å². The van der Waals surface area contributed by atoms with Gasteiger partial charge in [-0.15, -0.1) is 0 Å². The van der Waals surface area contributed by atoms with Crippen LogP contribution in [-0.2, 0) is 0 Å². The molecule has 0 saturated carbocycles. The maximum absolute atomic E-state index is 7.03. The molecule has 70 heavy (non-hydrogen) atoms. The number of fused-ring (bicyclic) bond motifs is 13. The lowest BCUT2D eigenvalue weighted by atomic mass is 9.93.